The maximum absolute atomic E-state index is 12.6. The van der Waals surface area contributed by atoms with Gasteiger partial charge in [-0.1, -0.05) is 26.3 Å². The van der Waals surface area contributed by atoms with Crippen LogP contribution in [0, 0.1) is 0 Å². The summed E-state index contributed by atoms with van der Waals surface area (Å²) >= 11 is 0. The lowest BCUT2D eigenvalue weighted by molar-refractivity contribution is -0.122. The lowest BCUT2D eigenvalue weighted by Crippen LogP contribution is -2.50. The van der Waals surface area contributed by atoms with Crippen LogP contribution in [0.25, 0.3) is 0 Å². The minimum Gasteiger partial charge on any atom is -0.506 e. The molecule has 1 aliphatic rings. The molecule has 0 spiro atoms. The monoisotopic (exact) mass is 276 g/mol. The fourth-order valence-corrected chi connectivity index (χ4v) is 2.90. The first-order valence-corrected chi connectivity index (χ1v) is 7.49. The molecular formula is C16H24N2O2. The van der Waals surface area contributed by atoms with Crippen molar-refractivity contribution in [3.8, 4) is 5.75 Å². The van der Waals surface area contributed by atoms with Crippen LogP contribution in [0.4, 0.5) is 5.69 Å². The summed E-state index contributed by atoms with van der Waals surface area (Å²) in [5.41, 5.74) is 1.14. The van der Waals surface area contributed by atoms with Crippen LogP contribution in [0.5, 0.6) is 5.75 Å². The second kappa shape index (κ2) is 6.27. The van der Waals surface area contributed by atoms with E-state index in [0.717, 1.165) is 44.2 Å². The minimum atomic E-state index is -0.469. The molecule has 1 aliphatic heterocycles. The number of aryl methyl sites for hydroxylation is 1. The predicted octanol–water partition coefficient (Wildman–Crippen LogP) is 2.82. The first-order chi connectivity index (χ1) is 9.61. The highest BCUT2D eigenvalue weighted by atomic mass is 16.3. The number of phenolic OH excluding ortho intramolecular Hbond substituents is 1. The number of aromatic hydroxyl groups is 1. The Labute approximate surface area is 120 Å². The molecule has 4 nitrogen and oxygen atoms in total. The van der Waals surface area contributed by atoms with E-state index in [1.165, 1.54) is 0 Å². The van der Waals surface area contributed by atoms with E-state index in [-0.39, 0.29) is 11.7 Å². The van der Waals surface area contributed by atoms with E-state index >= 15 is 0 Å². The number of rotatable bonds is 5. The van der Waals surface area contributed by atoms with E-state index in [4.69, 9.17) is 0 Å². The lowest BCUT2D eigenvalue weighted by Gasteiger charge is -2.28. The molecule has 1 amide bonds. The summed E-state index contributed by atoms with van der Waals surface area (Å²) in [6.07, 6.45) is 4.55. The molecule has 20 heavy (non-hydrogen) atoms. The van der Waals surface area contributed by atoms with Crippen molar-refractivity contribution in [2.45, 2.75) is 51.5 Å². The van der Waals surface area contributed by atoms with Crippen molar-refractivity contribution in [3.05, 3.63) is 23.8 Å². The summed E-state index contributed by atoms with van der Waals surface area (Å²) in [6.45, 7) is 5.02. The number of hydrogen-bond acceptors (Lipinski definition) is 3. The normalized spacial score (nSPS) is 21.9. The summed E-state index contributed by atoms with van der Waals surface area (Å²) < 4.78 is 0. The molecule has 4 heteroatoms. The van der Waals surface area contributed by atoms with E-state index in [1.807, 2.05) is 12.1 Å². The van der Waals surface area contributed by atoms with E-state index in [2.05, 4.69) is 24.5 Å². The maximum atomic E-state index is 12.6. The van der Waals surface area contributed by atoms with Crippen molar-refractivity contribution in [2.75, 3.05) is 11.9 Å². The molecular weight excluding hydrogens is 252 g/mol. The highest BCUT2D eigenvalue weighted by Gasteiger charge is 2.40. The molecule has 1 heterocycles. The lowest BCUT2D eigenvalue weighted by atomic mass is 9.90. The molecule has 1 saturated heterocycles. The van der Waals surface area contributed by atoms with Crippen molar-refractivity contribution >= 4 is 11.6 Å². The van der Waals surface area contributed by atoms with Gasteiger partial charge in [0.1, 0.15) is 5.75 Å². The first-order valence-electron chi connectivity index (χ1n) is 7.49. The molecule has 0 radical (unpaired) electrons. The molecule has 110 valence electrons. The number of carbonyl (C=O) groups excluding carboxylic acids is 1. The summed E-state index contributed by atoms with van der Waals surface area (Å²) in [4.78, 5) is 12.6. The minimum absolute atomic E-state index is 0.0274. The van der Waals surface area contributed by atoms with Crippen LogP contribution in [0.15, 0.2) is 18.2 Å². The van der Waals surface area contributed by atoms with Crippen molar-refractivity contribution in [1.82, 2.24) is 5.32 Å². The summed E-state index contributed by atoms with van der Waals surface area (Å²) in [6, 6.07) is 5.37. The van der Waals surface area contributed by atoms with Gasteiger partial charge >= 0.3 is 0 Å². The zero-order valence-electron chi connectivity index (χ0n) is 12.3. The highest BCUT2D eigenvalue weighted by Crippen LogP contribution is 2.29. The number of anilines is 1. The molecule has 0 bridgehead atoms. The van der Waals surface area contributed by atoms with Gasteiger partial charge in [-0.15, -0.1) is 0 Å². The van der Waals surface area contributed by atoms with Gasteiger partial charge in [-0.05, 0) is 49.9 Å². The van der Waals surface area contributed by atoms with Crippen LogP contribution in [0.3, 0.4) is 0 Å². The van der Waals surface area contributed by atoms with Gasteiger partial charge in [0.15, 0.2) is 0 Å². The quantitative estimate of drug-likeness (QED) is 0.725. The average Bonchev–Trinajstić information content (AvgIpc) is 2.91. The van der Waals surface area contributed by atoms with Gasteiger partial charge in [0.2, 0.25) is 5.91 Å². The third-order valence-electron chi connectivity index (χ3n) is 4.07. The van der Waals surface area contributed by atoms with Crippen LogP contribution in [-0.4, -0.2) is 23.1 Å². The summed E-state index contributed by atoms with van der Waals surface area (Å²) in [7, 11) is 0. The molecule has 1 aromatic carbocycles. The van der Waals surface area contributed by atoms with Gasteiger partial charge in [-0.25, -0.2) is 0 Å². The number of phenols is 1. The van der Waals surface area contributed by atoms with Crippen LogP contribution in [0.2, 0.25) is 0 Å². The van der Waals surface area contributed by atoms with Crippen molar-refractivity contribution in [1.29, 1.82) is 0 Å². The van der Waals surface area contributed by atoms with Gasteiger partial charge in [0.05, 0.1) is 11.2 Å². The van der Waals surface area contributed by atoms with Crippen LogP contribution in [0.1, 0.15) is 45.1 Å². The zero-order chi connectivity index (χ0) is 14.6. The third-order valence-corrected chi connectivity index (χ3v) is 4.07. The molecule has 1 unspecified atom stereocenters. The number of nitrogens with one attached hydrogen (secondary N) is 2. The van der Waals surface area contributed by atoms with Gasteiger partial charge in [0.25, 0.3) is 0 Å². The van der Waals surface area contributed by atoms with Gasteiger partial charge in [-0.3, -0.25) is 4.79 Å². The van der Waals surface area contributed by atoms with Crippen LogP contribution in [-0.2, 0) is 11.2 Å². The third kappa shape index (κ3) is 2.96. The SMILES string of the molecule is CCCC1(C(=O)Nc2cc(CC)ccc2O)CCCN1. The van der Waals surface area contributed by atoms with E-state index in [9.17, 15) is 9.90 Å². The molecule has 2 rings (SSSR count). The highest BCUT2D eigenvalue weighted by molar-refractivity contribution is 5.99. The van der Waals surface area contributed by atoms with Gasteiger partial charge < -0.3 is 15.7 Å². The largest absolute Gasteiger partial charge is 0.506 e. The predicted molar refractivity (Wildman–Crippen MR) is 81.0 cm³/mol. The molecule has 0 saturated carbocycles. The van der Waals surface area contributed by atoms with Crippen molar-refractivity contribution < 1.29 is 9.90 Å². The van der Waals surface area contributed by atoms with Gasteiger partial charge in [0, 0.05) is 0 Å². The fraction of sp³-hybridized carbons (Fsp3) is 0.562. The molecule has 1 atom stereocenters. The Kier molecular flexibility index (Phi) is 4.65. The number of carbonyl (C=O) groups is 1. The van der Waals surface area contributed by atoms with E-state index < -0.39 is 5.54 Å². The topological polar surface area (TPSA) is 61.4 Å². The van der Waals surface area contributed by atoms with E-state index in [0.29, 0.717) is 5.69 Å². The first kappa shape index (κ1) is 14.9. The Hall–Kier alpha value is -1.55. The summed E-state index contributed by atoms with van der Waals surface area (Å²) in [5.74, 6) is 0.0978. The Balaban J connectivity index is 2.18. The number of amides is 1. The fourth-order valence-electron chi connectivity index (χ4n) is 2.90. The smallest absolute Gasteiger partial charge is 0.244 e. The van der Waals surface area contributed by atoms with E-state index in [1.54, 1.807) is 6.07 Å². The second-order valence-corrected chi connectivity index (χ2v) is 5.52. The van der Waals surface area contributed by atoms with Crippen molar-refractivity contribution in [3.63, 3.8) is 0 Å². The van der Waals surface area contributed by atoms with Gasteiger partial charge in [-0.2, -0.15) is 0 Å². The van der Waals surface area contributed by atoms with Crippen LogP contribution >= 0.6 is 0 Å². The number of benzene rings is 1. The molecule has 3 N–H and O–H groups in total. The van der Waals surface area contributed by atoms with Crippen LogP contribution < -0.4 is 10.6 Å². The Morgan fingerprint density at radius 3 is 2.85 bits per heavy atom. The maximum Gasteiger partial charge on any atom is 0.244 e. The summed E-state index contributed by atoms with van der Waals surface area (Å²) in [5, 5.41) is 16.1. The van der Waals surface area contributed by atoms with Crippen molar-refractivity contribution in [2.24, 2.45) is 0 Å². The molecule has 0 aliphatic carbocycles. The molecule has 1 fully saturated rings. The Bertz CT molecular complexity index is 479. The molecule has 0 aromatic heterocycles. The standard InChI is InChI=1S/C16H24N2O2/c1-3-8-16(9-5-10-17-16)15(20)18-13-11-12(4-2)6-7-14(13)19/h6-7,11,17,19H,3-5,8-10H2,1-2H3,(H,18,20). The second-order valence-electron chi connectivity index (χ2n) is 5.52. The average molecular weight is 276 g/mol. The number of hydrogen-bond donors (Lipinski definition) is 3. The zero-order valence-corrected chi connectivity index (χ0v) is 12.3. The molecule has 1 aromatic rings. The Morgan fingerprint density at radius 2 is 2.25 bits per heavy atom. The Morgan fingerprint density at radius 1 is 1.45 bits per heavy atom.